The van der Waals surface area contributed by atoms with Crippen LogP contribution in [0.2, 0.25) is 0 Å². The molecule has 29 heavy (non-hydrogen) atoms. The lowest BCUT2D eigenvalue weighted by atomic mass is 9.66. The van der Waals surface area contributed by atoms with Crippen molar-refractivity contribution in [3.63, 3.8) is 0 Å². The van der Waals surface area contributed by atoms with E-state index in [4.69, 9.17) is 0 Å². The number of halogens is 2. The van der Waals surface area contributed by atoms with Crippen LogP contribution < -0.4 is 0 Å². The van der Waals surface area contributed by atoms with Crippen LogP contribution in [0.1, 0.15) is 81.8 Å². The molecule has 0 amide bonds. The quantitative estimate of drug-likeness (QED) is 0.448. The lowest BCUT2D eigenvalue weighted by Gasteiger charge is -2.40. The zero-order chi connectivity index (χ0) is 20.4. The molecule has 0 aliphatic heterocycles. The monoisotopic (exact) mass is 398 g/mol. The van der Waals surface area contributed by atoms with Gasteiger partial charge in [-0.25, -0.2) is 8.78 Å². The molecule has 2 heteroatoms. The van der Waals surface area contributed by atoms with Crippen molar-refractivity contribution in [2.45, 2.75) is 77.6 Å². The largest absolute Gasteiger partial charge is 0.203 e. The smallest absolute Gasteiger partial charge is 0.166 e. The Labute approximate surface area is 175 Å². The summed E-state index contributed by atoms with van der Waals surface area (Å²) in [7, 11) is 0. The van der Waals surface area contributed by atoms with Gasteiger partial charge in [0.1, 0.15) is 0 Å². The van der Waals surface area contributed by atoms with Crippen molar-refractivity contribution >= 4 is 5.57 Å². The molecule has 0 nitrogen and oxygen atoms in total. The third-order valence-electron chi connectivity index (χ3n) is 8.37. The van der Waals surface area contributed by atoms with Crippen LogP contribution in [0.5, 0.6) is 0 Å². The molecular weight excluding hydrogens is 362 g/mol. The third-order valence-corrected chi connectivity index (χ3v) is 8.37. The number of hydrogen-bond donors (Lipinski definition) is 0. The standard InChI is InChI=1S/C27H36F2/c1-3-19-5-7-20(8-6-19)21-9-11-22(12-10-21)23-13-15-24(16-14-23)25-17-4-18(2)26(28)27(25)29/h3-4,15,17,19-23H,1,5-14,16H2,2H3. The van der Waals surface area contributed by atoms with Crippen LogP contribution in [0.25, 0.3) is 5.57 Å². The number of allylic oxidation sites excluding steroid dienone is 3. The van der Waals surface area contributed by atoms with Gasteiger partial charge in [0.05, 0.1) is 0 Å². The molecular formula is C27H36F2. The van der Waals surface area contributed by atoms with Crippen molar-refractivity contribution in [1.82, 2.24) is 0 Å². The zero-order valence-electron chi connectivity index (χ0n) is 17.9. The van der Waals surface area contributed by atoms with E-state index >= 15 is 0 Å². The molecule has 0 bridgehead atoms. The van der Waals surface area contributed by atoms with Gasteiger partial charge in [-0.3, -0.25) is 0 Å². The van der Waals surface area contributed by atoms with Crippen LogP contribution in [0, 0.1) is 48.1 Å². The van der Waals surface area contributed by atoms with Gasteiger partial charge in [-0.05, 0) is 118 Å². The van der Waals surface area contributed by atoms with Gasteiger partial charge in [0.25, 0.3) is 0 Å². The van der Waals surface area contributed by atoms with Gasteiger partial charge in [0, 0.05) is 5.56 Å². The highest BCUT2D eigenvalue weighted by atomic mass is 19.2. The van der Waals surface area contributed by atoms with Gasteiger partial charge in [-0.1, -0.05) is 24.3 Å². The summed E-state index contributed by atoms with van der Waals surface area (Å²) >= 11 is 0. The predicted molar refractivity (Wildman–Crippen MR) is 118 cm³/mol. The fraction of sp³-hybridized carbons (Fsp3) is 0.630. The molecule has 1 unspecified atom stereocenters. The molecule has 1 aromatic carbocycles. The van der Waals surface area contributed by atoms with Crippen LogP contribution in [-0.4, -0.2) is 0 Å². The van der Waals surface area contributed by atoms with Crippen molar-refractivity contribution in [3.8, 4) is 0 Å². The molecule has 4 rings (SSSR count). The van der Waals surface area contributed by atoms with Gasteiger partial charge in [0.2, 0.25) is 0 Å². The lowest BCUT2D eigenvalue weighted by Crippen LogP contribution is -2.28. The molecule has 3 aliphatic rings. The van der Waals surface area contributed by atoms with Crippen molar-refractivity contribution in [2.75, 3.05) is 0 Å². The Bertz CT molecular complexity index is 746. The molecule has 0 N–H and O–H groups in total. The fourth-order valence-electron chi connectivity index (χ4n) is 6.36. The average Bonchev–Trinajstić information content (AvgIpc) is 2.78. The minimum atomic E-state index is -0.689. The van der Waals surface area contributed by atoms with E-state index in [0.717, 1.165) is 54.4 Å². The number of hydrogen-bond acceptors (Lipinski definition) is 0. The van der Waals surface area contributed by atoms with Gasteiger partial charge < -0.3 is 0 Å². The summed E-state index contributed by atoms with van der Waals surface area (Å²) < 4.78 is 28.3. The topological polar surface area (TPSA) is 0 Å². The normalized spacial score (nSPS) is 33.2. The molecule has 1 atom stereocenters. The molecule has 0 spiro atoms. The first-order chi connectivity index (χ1) is 14.1. The Balaban J connectivity index is 1.30. The summed E-state index contributed by atoms with van der Waals surface area (Å²) in [6, 6.07) is 3.46. The van der Waals surface area contributed by atoms with E-state index in [1.165, 1.54) is 51.4 Å². The van der Waals surface area contributed by atoms with Gasteiger partial charge in [-0.15, -0.1) is 6.58 Å². The van der Waals surface area contributed by atoms with Crippen molar-refractivity contribution < 1.29 is 8.78 Å². The number of rotatable bonds is 4. The molecule has 158 valence electrons. The van der Waals surface area contributed by atoms with Crippen LogP contribution in [0.4, 0.5) is 8.78 Å². The molecule has 2 fully saturated rings. The fourth-order valence-corrected chi connectivity index (χ4v) is 6.36. The highest BCUT2D eigenvalue weighted by Gasteiger charge is 2.33. The van der Waals surface area contributed by atoms with Crippen LogP contribution in [0.3, 0.4) is 0 Å². The summed E-state index contributed by atoms with van der Waals surface area (Å²) in [4.78, 5) is 0. The van der Waals surface area contributed by atoms with Gasteiger partial charge >= 0.3 is 0 Å². The van der Waals surface area contributed by atoms with Crippen molar-refractivity contribution in [3.05, 3.63) is 53.6 Å². The summed E-state index contributed by atoms with van der Waals surface area (Å²) in [6.07, 6.45) is 18.4. The van der Waals surface area contributed by atoms with Crippen molar-refractivity contribution in [2.24, 2.45) is 29.6 Å². The second kappa shape index (κ2) is 9.14. The Morgan fingerprint density at radius 1 is 0.793 bits per heavy atom. The van der Waals surface area contributed by atoms with Crippen LogP contribution >= 0.6 is 0 Å². The first-order valence-corrected chi connectivity index (χ1v) is 11.8. The maximum Gasteiger partial charge on any atom is 0.166 e. The molecule has 0 saturated heterocycles. The maximum absolute atomic E-state index is 14.3. The predicted octanol–water partition coefficient (Wildman–Crippen LogP) is 8.26. The zero-order valence-corrected chi connectivity index (χ0v) is 17.9. The molecule has 2 saturated carbocycles. The molecule has 1 aromatic rings. The van der Waals surface area contributed by atoms with E-state index in [1.807, 2.05) is 0 Å². The number of benzene rings is 1. The van der Waals surface area contributed by atoms with Crippen molar-refractivity contribution in [1.29, 1.82) is 0 Å². The minimum Gasteiger partial charge on any atom is -0.203 e. The first kappa shape index (κ1) is 20.8. The highest BCUT2D eigenvalue weighted by Crippen LogP contribution is 2.46. The van der Waals surface area contributed by atoms with Crippen LogP contribution in [-0.2, 0) is 0 Å². The van der Waals surface area contributed by atoms with E-state index in [1.54, 1.807) is 19.1 Å². The highest BCUT2D eigenvalue weighted by molar-refractivity contribution is 5.67. The maximum atomic E-state index is 14.3. The molecule has 0 aromatic heterocycles. The Hall–Kier alpha value is -1.44. The Morgan fingerprint density at radius 2 is 1.38 bits per heavy atom. The first-order valence-electron chi connectivity index (χ1n) is 11.8. The second-order valence-corrected chi connectivity index (χ2v) is 9.91. The summed E-state index contributed by atoms with van der Waals surface area (Å²) in [6.45, 7) is 5.60. The molecule has 0 radical (unpaired) electrons. The summed E-state index contributed by atoms with van der Waals surface area (Å²) in [5, 5.41) is 0. The van der Waals surface area contributed by atoms with E-state index < -0.39 is 11.6 Å². The average molecular weight is 399 g/mol. The van der Waals surface area contributed by atoms with Gasteiger partial charge in [0.15, 0.2) is 11.6 Å². The molecule has 0 heterocycles. The Morgan fingerprint density at radius 3 is 1.93 bits per heavy atom. The van der Waals surface area contributed by atoms with E-state index in [-0.39, 0.29) is 0 Å². The number of aryl methyl sites for hydroxylation is 1. The van der Waals surface area contributed by atoms with Gasteiger partial charge in [-0.2, -0.15) is 0 Å². The molecule has 3 aliphatic carbocycles. The van der Waals surface area contributed by atoms with E-state index in [9.17, 15) is 8.78 Å². The van der Waals surface area contributed by atoms with Crippen LogP contribution in [0.15, 0.2) is 30.9 Å². The SMILES string of the molecule is C=CC1CCC(C2CCC(C3CC=C(c4ccc(C)c(F)c4F)CC3)CC2)CC1. The lowest BCUT2D eigenvalue weighted by molar-refractivity contribution is 0.128. The third kappa shape index (κ3) is 4.52. The summed E-state index contributed by atoms with van der Waals surface area (Å²) in [5.74, 6) is 2.86. The summed E-state index contributed by atoms with van der Waals surface area (Å²) in [5.41, 5.74) is 1.87. The minimum absolute atomic E-state index is 0.385. The van der Waals surface area contributed by atoms with E-state index in [0.29, 0.717) is 11.1 Å². The van der Waals surface area contributed by atoms with E-state index in [2.05, 4.69) is 18.7 Å². The second-order valence-electron chi connectivity index (χ2n) is 9.91. The Kier molecular flexibility index (Phi) is 6.56.